The highest BCUT2D eigenvalue weighted by Crippen LogP contribution is 2.77. The zero-order chi connectivity index (χ0) is 40.9. The van der Waals surface area contributed by atoms with Gasteiger partial charge in [-0.05, 0) is 132 Å². The van der Waals surface area contributed by atoms with E-state index in [1.54, 1.807) is 0 Å². The van der Waals surface area contributed by atoms with Crippen molar-refractivity contribution >= 4 is 50.1 Å². The molecule has 0 saturated heterocycles. The van der Waals surface area contributed by atoms with E-state index >= 15 is 4.57 Å². The Kier molecular flexibility index (Phi) is 7.98. The van der Waals surface area contributed by atoms with Gasteiger partial charge < -0.3 is 9.46 Å². The van der Waals surface area contributed by atoms with E-state index in [0.717, 1.165) is 42.8 Å². The van der Waals surface area contributed by atoms with Crippen molar-refractivity contribution in [2.45, 2.75) is 38.8 Å². The highest BCUT2D eigenvalue weighted by Gasteiger charge is 2.52. The molecule has 9 aromatic carbocycles. The predicted octanol–water partition coefficient (Wildman–Crippen LogP) is 13.7. The summed E-state index contributed by atoms with van der Waals surface area (Å²) in [4.78, 5) is 7.19. The minimum absolute atomic E-state index is 0.487. The van der Waals surface area contributed by atoms with Crippen LogP contribution in [-0.2, 0) is 9.98 Å². The van der Waals surface area contributed by atoms with E-state index < -0.39 is 22.6 Å². The third kappa shape index (κ3) is 4.79. The molecule has 0 amide bonds. The summed E-state index contributed by atoms with van der Waals surface area (Å²) in [5.41, 5.74) is 13.1. The maximum Gasteiger partial charge on any atom is 0.173 e. The summed E-state index contributed by atoms with van der Waals surface area (Å²) in [6.07, 6.45) is 0. The molecule has 0 fully saturated rings. The van der Waals surface area contributed by atoms with Gasteiger partial charge >= 0.3 is 0 Å². The average Bonchev–Trinajstić information content (AvgIpc) is 3.61. The van der Waals surface area contributed by atoms with Crippen molar-refractivity contribution in [1.82, 2.24) is 0 Å². The van der Waals surface area contributed by atoms with Gasteiger partial charge in [0.1, 0.15) is 0 Å². The average molecular weight is 820 g/mol. The van der Waals surface area contributed by atoms with Crippen LogP contribution in [0.3, 0.4) is 0 Å². The van der Waals surface area contributed by atoms with Crippen molar-refractivity contribution in [3.05, 3.63) is 252 Å². The molecule has 12 rings (SSSR count). The lowest BCUT2D eigenvalue weighted by Gasteiger charge is -2.48. The summed E-state index contributed by atoms with van der Waals surface area (Å²) >= 11 is 0. The first-order valence-corrected chi connectivity index (χ1v) is 24.4. The number of hydrogen-bond acceptors (Lipinski definition) is 2. The lowest BCUT2D eigenvalue weighted by atomic mass is 9.64. The van der Waals surface area contributed by atoms with Crippen molar-refractivity contribution in [2.75, 3.05) is 4.90 Å². The fraction of sp³-hybridized carbons (Fsp3) is 0.0526. The summed E-state index contributed by atoms with van der Waals surface area (Å²) in [5, 5.41) is 2.68. The molecule has 292 valence electrons. The van der Waals surface area contributed by atoms with E-state index in [1.807, 2.05) is 0 Å². The van der Waals surface area contributed by atoms with Crippen molar-refractivity contribution in [2.24, 2.45) is 0 Å². The van der Waals surface area contributed by atoms with E-state index in [4.69, 9.17) is 0 Å². The second-order valence-electron chi connectivity index (χ2n) is 16.5. The minimum atomic E-state index is -3.36. The first kappa shape index (κ1) is 36.2. The van der Waals surface area contributed by atoms with E-state index in [-0.39, 0.29) is 0 Å². The van der Waals surface area contributed by atoms with Crippen LogP contribution in [0.1, 0.15) is 33.4 Å². The molecule has 0 unspecified atom stereocenters. The van der Waals surface area contributed by atoms with Gasteiger partial charge in [0.15, 0.2) is 7.14 Å². The maximum atomic E-state index is 16.6. The van der Waals surface area contributed by atoms with E-state index in [2.05, 4.69) is 237 Å². The normalized spacial score (nSPS) is 16.0. The molecule has 9 aromatic rings. The Bertz CT molecular complexity index is 3070. The molecule has 2 heterocycles. The van der Waals surface area contributed by atoms with Gasteiger partial charge in [-0.3, -0.25) is 0 Å². The molecule has 3 aliphatic rings. The number of hydrogen-bond donors (Lipinski definition) is 0. The maximum absolute atomic E-state index is 16.6. The Morgan fingerprint density at radius 3 is 1.34 bits per heavy atom. The summed E-state index contributed by atoms with van der Waals surface area (Å²) < 4.78 is 16.6. The molecular formula is C57H42NOPS. The van der Waals surface area contributed by atoms with Crippen molar-refractivity contribution in [3.8, 4) is 11.1 Å². The quantitative estimate of drug-likeness (QED) is 0.165. The molecular weight excluding hydrogens is 778 g/mol. The predicted molar refractivity (Wildman–Crippen MR) is 254 cm³/mol. The first-order valence-electron chi connectivity index (χ1n) is 21.0. The number of benzene rings is 9. The molecule has 0 aromatic heterocycles. The molecule has 2 aliphatic heterocycles. The summed E-state index contributed by atoms with van der Waals surface area (Å²) in [6.45, 7) is 4.41. The van der Waals surface area contributed by atoms with Crippen LogP contribution in [-0.4, -0.2) is 0 Å². The first-order chi connectivity index (χ1) is 30.0. The Labute approximate surface area is 359 Å². The number of anilines is 3. The molecule has 1 aliphatic carbocycles. The zero-order valence-electron chi connectivity index (χ0n) is 34.0. The number of aryl methyl sites for hydroxylation is 2. The van der Waals surface area contributed by atoms with Gasteiger partial charge in [-0.25, -0.2) is 0 Å². The van der Waals surface area contributed by atoms with Crippen LogP contribution in [0, 0.1) is 13.8 Å². The third-order valence-corrected chi connectivity index (χ3v) is 20.7. The van der Waals surface area contributed by atoms with Gasteiger partial charge in [0.25, 0.3) is 0 Å². The van der Waals surface area contributed by atoms with Crippen LogP contribution < -0.4 is 20.8 Å². The molecule has 2 nitrogen and oxygen atoms in total. The van der Waals surface area contributed by atoms with Crippen molar-refractivity contribution in [3.63, 3.8) is 0 Å². The lowest BCUT2D eigenvalue weighted by molar-refractivity contribution is 0.591. The summed E-state index contributed by atoms with van der Waals surface area (Å²) in [5.74, 6) is 0. The third-order valence-electron chi connectivity index (χ3n) is 13.3. The zero-order valence-corrected chi connectivity index (χ0v) is 35.7. The Morgan fingerprint density at radius 1 is 0.426 bits per heavy atom. The van der Waals surface area contributed by atoms with E-state index in [1.165, 1.54) is 54.3 Å². The molecule has 0 N–H and O–H groups in total. The number of rotatable bonds is 4. The Balaban J connectivity index is 1.07. The molecule has 0 bridgehead atoms. The Morgan fingerprint density at radius 2 is 0.852 bits per heavy atom. The van der Waals surface area contributed by atoms with Gasteiger partial charge in [0.05, 0.1) is 16.8 Å². The van der Waals surface area contributed by atoms with Gasteiger partial charge in [-0.15, -0.1) is 10.0 Å². The summed E-state index contributed by atoms with van der Waals surface area (Å²) in [6, 6.07) is 79.4. The monoisotopic (exact) mass is 819 g/mol. The van der Waals surface area contributed by atoms with E-state index in [0.29, 0.717) is 0 Å². The fourth-order valence-corrected chi connectivity index (χ4v) is 19.2. The van der Waals surface area contributed by atoms with Crippen LogP contribution in [0.2, 0.25) is 0 Å². The molecule has 0 radical (unpaired) electrons. The second kappa shape index (κ2) is 13.4. The largest absolute Gasteiger partial charge is 0.310 e. The second-order valence-corrected chi connectivity index (χ2v) is 22.3. The van der Waals surface area contributed by atoms with Crippen LogP contribution >= 0.6 is 17.2 Å². The molecule has 1 spiro atoms. The summed E-state index contributed by atoms with van der Waals surface area (Å²) in [7, 11) is -5.35. The smallest absolute Gasteiger partial charge is 0.173 e. The van der Waals surface area contributed by atoms with Gasteiger partial charge in [0, 0.05) is 41.2 Å². The van der Waals surface area contributed by atoms with Crippen LogP contribution in [0.5, 0.6) is 0 Å². The minimum Gasteiger partial charge on any atom is -0.310 e. The SMILES string of the molecule is Cc1ccc2c(c1)C1(c3ccccc3-c3ccccc31)c1cc(C)ccc1N2c1ccc(P2(=O)c3ccccc3S(c3ccccc3)(c3ccccc3)c3ccccc32)cc1. The van der Waals surface area contributed by atoms with Gasteiger partial charge in [-0.2, -0.15) is 0 Å². The van der Waals surface area contributed by atoms with Gasteiger partial charge in [0.2, 0.25) is 0 Å². The van der Waals surface area contributed by atoms with Crippen LogP contribution in [0.4, 0.5) is 17.1 Å². The van der Waals surface area contributed by atoms with Gasteiger partial charge in [-0.1, -0.05) is 145 Å². The lowest BCUT2D eigenvalue weighted by Crippen LogP contribution is -2.36. The van der Waals surface area contributed by atoms with Crippen molar-refractivity contribution < 1.29 is 4.57 Å². The van der Waals surface area contributed by atoms with E-state index in [9.17, 15) is 0 Å². The molecule has 61 heavy (non-hydrogen) atoms. The number of fused-ring (bicyclic) bond motifs is 11. The molecule has 0 saturated carbocycles. The van der Waals surface area contributed by atoms with Crippen LogP contribution in [0.15, 0.2) is 238 Å². The molecule has 4 heteroatoms. The number of nitrogens with zero attached hydrogens (tertiary/aromatic N) is 1. The highest BCUT2D eigenvalue weighted by atomic mass is 32.3. The fourth-order valence-electron chi connectivity index (χ4n) is 10.8. The Hall–Kier alpha value is -6.64. The topological polar surface area (TPSA) is 20.3 Å². The standard InChI is InChI=1S/C57H42NOPS/c1-39-29-35-51-49(37-39)57(47-23-11-9-21-45(47)46-22-10-12-24-48(46)57)50-38-40(2)30-36-52(50)58(51)41-31-33-42(34-32-41)60(59)53-25-13-15-27-55(53)61(43-17-5-3-6-18-43,44-19-7-4-8-20-44)56-28-16-14-26-54(56)60/h3-38H,1-2H3. The van der Waals surface area contributed by atoms with Crippen molar-refractivity contribution in [1.29, 1.82) is 0 Å². The highest BCUT2D eigenvalue weighted by molar-refractivity contribution is 8.34. The van der Waals surface area contributed by atoms with Crippen LogP contribution in [0.25, 0.3) is 11.1 Å². The molecule has 0 atom stereocenters.